The number of hydrogen-bond acceptors (Lipinski definition) is 3. The average molecular weight is 260 g/mol. The Labute approximate surface area is 100 Å². The van der Waals surface area contributed by atoms with E-state index in [1.54, 1.807) is 0 Å². The molecule has 0 atom stereocenters. The van der Waals surface area contributed by atoms with Crippen LogP contribution in [-0.2, 0) is 6.61 Å². The van der Waals surface area contributed by atoms with Gasteiger partial charge in [-0.1, -0.05) is 11.6 Å². The van der Waals surface area contributed by atoms with Gasteiger partial charge in [0.15, 0.2) is 10.6 Å². The van der Waals surface area contributed by atoms with Crippen molar-refractivity contribution in [1.29, 1.82) is 0 Å². The van der Waals surface area contributed by atoms with Crippen LogP contribution in [0.25, 0.3) is 5.69 Å². The summed E-state index contributed by atoms with van der Waals surface area (Å²) in [5.41, 5.74) is 0.550. The number of aromatic amines is 1. The van der Waals surface area contributed by atoms with Gasteiger partial charge in [-0.05, 0) is 30.4 Å². The molecule has 0 saturated heterocycles. The monoisotopic (exact) mass is 259 g/mol. The van der Waals surface area contributed by atoms with Crippen molar-refractivity contribution in [2.45, 2.75) is 6.61 Å². The molecule has 0 unspecified atom stereocenters. The van der Waals surface area contributed by atoms with Gasteiger partial charge in [0.2, 0.25) is 0 Å². The van der Waals surface area contributed by atoms with Gasteiger partial charge < -0.3 is 5.11 Å². The van der Waals surface area contributed by atoms with Crippen LogP contribution in [0.15, 0.2) is 18.2 Å². The summed E-state index contributed by atoms with van der Waals surface area (Å²) in [4.78, 5) is 0. The Morgan fingerprint density at radius 1 is 1.56 bits per heavy atom. The van der Waals surface area contributed by atoms with Crippen molar-refractivity contribution in [2.75, 3.05) is 0 Å². The Bertz CT molecular complexity index is 580. The Hall–Kier alpha value is -1.24. The van der Waals surface area contributed by atoms with Crippen molar-refractivity contribution in [2.24, 2.45) is 0 Å². The largest absolute Gasteiger partial charge is 0.388 e. The molecule has 0 aliphatic rings. The lowest BCUT2D eigenvalue weighted by Crippen LogP contribution is -2.01. The summed E-state index contributed by atoms with van der Waals surface area (Å²) in [5.74, 6) is -0.168. The molecule has 4 nitrogen and oxygen atoms in total. The summed E-state index contributed by atoms with van der Waals surface area (Å²) in [6, 6.07) is 4.15. The van der Waals surface area contributed by atoms with Gasteiger partial charge in [0.05, 0.1) is 10.7 Å². The molecule has 2 aromatic rings. The lowest BCUT2D eigenvalue weighted by molar-refractivity contribution is 0.269. The molecule has 2 N–H and O–H groups in total. The number of benzene rings is 1. The number of hydrogen-bond donors (Lipinski definition) is 2. The molecule has 0 fully saturated rings. The van der Waals surface area contributed by atoms with Crippen molar-refractivity contribution in [3.63, 3.8) is 0 Å². The molecular formula is C9H7ClFN3OS. The van der Waals surface area contributed by atoms with Gasteiger partial charge in [-0.2, -0.15) is 5.10 Å². The van der Waals surface area contributed by atoms with E-state index >= 15 is 0 Å². The van der Waals surface area contributed by atoms with E-state index in [4.69, 9.17) is 28.9 Å². The fourth-order valence-electron chi connectivity index (χ4n) is 1.33. The minimum Gasteiger partial charge on any atom is -0.388 e. The lowest BCUT2D eigenvalue weighted by atomic mass is 10.3. The molecule has 1 aromatic carbocycles. The number of aliphatic hydroxyl groups excluding tert-OH is 1. The minimum atomic E-state index is -0.508. The summed E-state index contributed by atoms with van der Waals surface area (Å²) in [6.07, 6.45) is 0. The number of nitrogens with zero attached hydrogens (tertiary/aromatic N) is 2. The topological polar surface area (TPSA) is 53.8 Å². The van der Waals surface area contributed by atoms with E-state index in [0.29, 0.717) is 16.3 Å². The smallest absolute Gasteiger partial charge is 0.199 e. The van der Waals surface area contributed by atoms with E-state index < -0.39 is 5.82 Å². The number of nitrogens with one attached hydrogen (secondary N) is 1. The van der Waals surface area contributed by atoms with Crippen molar-refractivity contribution in [1.82, 2.24) is 14.8 Å². The predicted octanol–water partition coefficient (Wildman–Crippen LogP) is 2.21. The van der Waals surface area contributed by atoms with Crippen LogP contribution in [0.4, 0.5) is 4.39 Å². The molecule has 0 spiro atoms. The summed E-state index contributed by atoms with van der Waals surface area (Å²) >= 11 is 10.7. The summed E-state index contributed by atoms with van der Waals surface area (Å²) in [7, 11) is 0. The van der Waals surface area contributed by atoms with Crippen LogP contribution >= 0.6 is 23.8 Å². The Morgan fingerprint density at radius 2 is 2.31 bits per heavy atom. The number of aliphatic hydroxyl groups is 1. The van der Waals surface area contributed by atoms with E-state index in [0.717, 1.165) is 0 Å². The third kappa shape index (κ3) is 1.87. The van der Waals surface area contributed by atoms with Crippen LogP contribution < -0.4 is 0 Å². The molecule has 2 rings (SSSR count). The molecule has 0 aliphatic carbocycles. The normalized spacial score (nSPS) is 10.7. The second-order valence-corrected chi connectivity index (χ2v) is 3.83. The predicted molar refractivity (Wildman–Crippen MR) is 59.6 cm³/mol. The summed E-state index contributed by atoms with van der Waals surface area (Å²) < 4.78 is 14.8. The van der Waals surface area contributed by atoms with Crippen molar-refractivity contribution in [3.05, 3.63) is 39.6 Å². The highest BCUT2D eigenvalue weighted by molar-refractivity contribution is 7.71. The van der Waals surface area contributed by atoms with E-state index in [-0.39, 0.29) is 11.6 Å². The van der Waals surface area contributed by atoms with Crippen LogP contribution in [0, 0.1) is 10.6 Å². The number of aromatic nitrogens is 3. The van der Waals surface area contributed by atoms with Crippen LogP contribution in [0.2, 0.25) is 5.02 Å². The maximum Gasteiger partial charge on any atom is 0.199 e. The quantitative estimate of drug-likeness (QED) is 0.813. The Balaban J connectivity index is 2.62. The lowest BCUT2D eigenvalue weighted by Gasteiger charge is -2.05. The van der Waals surface area contributed by atoms with Crippen LogP contribution in [-0.4, -0.2) is 19.9 Å². The first-order chi connectivity index (χ1) is 7.63. The molecule has 0 amide bonds. The Morgan fingerprint density at radius 3 is 2.94 bits per heavy atom. The fraction of sp³-hybridized carbons (Fsp3) is 0.111. The molecule has 7 heteroatoms. The molecule has 0 aliphatic heterocycles. The molecule has 16 heavy (non-hydrogen) atoms. The summed E-state index contributed by atoms with van der Waals surface area (Å²) in [5, 5.41) is 15.4. The van der Waals surface area contributed by atoms with Gasteiger partial charge in [0.1, 0.15) is 12.4 Å². The zero-order valence-electron chi connectivity index (χ0n) is 7.94. The van der Waals surface area contributed by atoms with E-state index in [1.807, 2.05) is 0 Å². The van der Waals surface area contributed by atoms with Crippen molar-refractivity contribution >= 4 is 23.8 Å². The minimum absolute atomic E-state index is 0.00973. The standard InChI is InChI=1S/C9H7ClFN3OS/c10-6-3-5(1-2-7(6)11)14-8(4-15)12-13-9(14)16/h1-3,15H,4H2,(H,13,16). The van der Waals surface area contributed by atoms with Crippen LogP contribution in [0.3, 0.4) is 0 Å². The molecule has 0 saturated carbocycles. The van der Waals surface area contributed by atoms with Gasteiger partial charge in [0, 0.05) is 0 Å². The van der Waals surface area contributed by atoms with Gasteiger partial charge in [0.25, 0.3) is 0 Å². The first-order valence-electron chi connectivity index (χ1n) is 4.36. The number of H-pyrrole nitrogens is 1. The van der Waals surface area contributed by atoms with Gasteiger partial charge in [-0.25, -0.2) is 4.39 Å². The fourth-order valence-corrected chi connectivity index (χ4v) is 1.76. The van der Waals surface area contributed by atoms with E-state index in [1.165, 1.54) is 22.8 Å². The van der Waals surface area contributed by atoms with E-state index in [2.05, 4.69) is 10.2 Å². The third-order valence-electron chi connectivity index (χ3n) is 2.04. The number of halogens is 2. The second-order valence-electron chi connectivity index (χ2n) is 3.04. The first-order valence-corrected chi connectivity index (χ1v) is 5.14. The molecule has 0 radical (unpaired) electrons. The molecule has 1 heterocycles. The molecule has 84 valence electrons. The summed E-state index contributed by atoms with van der Waals surface area (Å²) in [6.45, 7) is -0.276. The number of rotatable bonds is 2. The highest BCUT2D eigenvalue weighted by Crippen LogP contribution is 2.19. The van der Waals surface area contributed by atoms with Crippen molar-refractivity contribution in [3.8, 4) is 5.69 Å². The van der Waals surface area contributed by atoms with Crippen LogP contribution in [0.5, 0.6) is 0 Å². The third-order valence-corrected chi connectivity index (χ3v) is 2.61. The SMILES string of the molecule is OCc1n[nH]c(=S)n1-c1ccc(F)c(Cl)c1. The first kappa shape index (κ1) is 11.3. The van der Waals surface area contributed by atoms with Gasteiger partial charge in [-0.3, -0.25) is 9.67 Å². The highest BCUT2D eigenvalue weighted by atomic mass is 35.5. The zero-order valence-corrected chi connectivity index (χ0v) is 9.52. The second kappa shape index (κ2) is 4.32. The highest BCUT2D eigenvalue weighted by Gasteiger charge is 2.09. The van der Waals surface area contributed by atoms with Gasteiger partial charge >= 0.3 is 0 Å². The van der Waals surface area contributed by atoms with E-state index in [9.17, 15) is 4.39 Å². The molecule has 1 aromatic heterocycles. The average Bonchev–Trinajstić information content (AvgIpc) is 2.64. The molecule has 0 bridgehead atoms. The Kier molecular flexibility index (Phi) is 3.04. The zero-order chi connectivity index (χ0) is 11.7. The van der Waals surface area contributed by atoms with Crippen LogP contribution in [0.1, 0.15) is 5.82 Å². The molecular weight excluding hydrogens is 253 g/mol. The maximum atomic E-state index is 13.0. The van der Waals surface area contributed by atoms with Crippen molar-refractivity contribution < 1.29 is 9.50 Å². The maximum absolute atomic E-state index is 13.0. The van der Waals surface area contributed by atoms with Gasteiger partial charge in [-0.15, -0.1) is 0 Å².